The molecule has 0 saturated carbocycles. The normalized spacial score (nSPS) is 10.8. The summed E-state index contributed by atoms with van der Waals surface area (Å²) in [5.41, 5.74) is 1.99. The quantitative estimate of drug-likeness (QED) is 0.334. The number of ether oxygens (including phenoxy) is 2. The summed E-state index contributed by atoms with van der Waals surface area (Å²) >= 11 is 6.96. The maximum absolute atomic E-state index is 12.2. The minimum absolute atomic E-state index is 0.302. The zero-order valence-electron chi connectivity index (χ0n) is 14.4. The fraction of sp³-hybridized carbons (Fsp3) is 0.0476. The molecule has 0 amide bonds. The van der Waals surface area contributed by atoms with Crippen LogP contribution >= 0.6 is 22.9 Å². The molecule has 28 heavy (non-hydrogen) atoms. The summed E-state index contributed by atoms with van der Waals surface area (Å²) in [5.74, 6) is 0.111. The molecule has 0 spiro atoms. The summed E-state index contributed by atoms with van der Waals surface area (Å²) in [6.45, 7) is -0.302. The van der Waals surface area contributed by atoms with Crippen LogP contribution in [0, 0.1) is 0 Å². The van der Waals surface area contributed by atoms with Gasteiger partial charge in [0.1, 0.15) is 11.5 Å². The highest BCUT2D eigenvalue weighted by Crippen LogP contribution is 2.34. The maximum Gasteiger partial charge on any atom is 0.396 e. The number of carbonyl (C=O) groups excluding carboxylic acids is 1. The molecule has 7 heteroatoms. The van der Waals surface area contributed by atoms with Crippen LogP contribution in [-0.2, 0) is 4.79 Å². The first-order valence-electron chi connectivity index (χ1n) is 8.31. The van der Waals surface area contributed by atoms with Gasteiger partial charge in [-0.1, -0.05) is 65.4 Å². The average Bonchev–Trinajstić information content (AvgIpc) is 3.07. The predicted octanol–water partition coefficient (Wildman–Crippen LogP) is 5.16. The second kappa shape index (κ2) is 7.88. The summed E-state index contributed by atoms with van der Waals surface area (Å²) in [4.78, 5) is 23.5. The first kappa shape index (κ1) is 18.3. The molecule has 0 aliphatic heterocycles. The van der Waals surface area contributed by atoms with E-state index in [0.29, 0.717) is 32.4 Å². The van der Waals surface area contributed by atoms with E-state index in [1.807, 2.05) is 30.3 Å². The number of rotatable bonds is 5. The van der Waals surface area contributed by atoms with Crippen LogP contribution in [0.2, 0.25) is 5.02 Å². The largest absolute Gasteiger partial charge is 0.480 e. The number of benzene rings is 3. The van der Waals surface area contributed by atoms with E-state index in [2.05, 4.69) is 0 Å². The zero-order valence-corrected chi connectivity index (χ0v) is 16.0. The van der Waals surface area contributed by atoms with Gasteiger partial charge in [-0.05, 0) is 23.8 Å². The Morgan fingerprint density at radius 1 is 1.04 bits per heavy atom. The molecular weight excluding hydrogens is 400 g/mol. The monoisotopic (exact) mass is 412 g/mol. The van der Waals surface area contributed by atoms with E-state index in [9.17, 15) is 9.59 Å². The van der Waals surface area contributed by atoms with E-state index in [0.717, 1.165) is 16.9 Å². The highest BCUT2D eigenvalue weighted by atomic mass is 35.5. The van der Waals surface area contributed by atoms with Gasteiger partial charge in [0, 0.05) is 11.6 Å². The van der Waals surface area contributed by atoms with Crippen LogP contribution in [0.1, 0.15) is 0 Å². The van der Waals surface area contributed by atoms with Crippen molar-refractivity contribution in [1.29, 1.82) is 0 Å². The van der Waals surface area contributed by atoms with E-state index in [4.69, 9.17) is 25.5 Å². The van der Waals surface area contributed by atoms with Crippen molar-refractivity contribution in [3.63, 3.8) is 0 Å². The summed E-state index contributed by atoms with van der Waals surface area (Å²) in [6, 6.07) is 19.5. The molecule has 0 radical (unpaired) electrons. The Kier molecular flexibility index (Phi) is 5.14. The van der Waals surface area contributed by atoms with Crippen LogP contribution in [0.25, 0.3) is 21.4 Å². The van der Waals surface area contributed by atoms with Gasteiger partial charge in [0.05, 0.1) is 9.72 Å². The van der Waals surface area contributed by atoms with E-state index in [1.165, 1.54) is 0 Å². The van der Waals surface area contributed by atoms with Gasteiger partial charge in [0.15, 0.2) is 12.2 Å². The third-order valence-electron chi connectivity index (χ3n) is 3.91. The minimum atomic E-state index is -0.589. The van der Waals surface area contributed by atoms with E-state index < -0.39 is 10.9 Å². The topological polar surface area (TPSA) is 65.7 Å². The van der Waals surface area contributed by atoms with Crippen molar-refractivity contribution < 1.29 is 18.7 Å². The third kappa shape index (κ3) is 3.93. The van der Waals surface area contributed by atoms with Gasteiger partial charge < -0.3 is 13.9 Å². The standard InChI is InChI=1S/C21H13ClO5S/c22-16-8-4-5-9-17(16)25-12-19(23)26-14-10-15(13-6-2-1-3-7-13)20-18(11-14)28-21(24)27-20/h1-11H,12H2. The number of carbonyl (C=O) groups is 1. The van der Waals surface area contributed by atoms with Crippen LogP contribution in [0.5, 0.6) is 11.5 Å². The lowest BCUT2D eigenvalue weighted by Gasteiger charge is -2.09. The molecule has 4 aromatic rings. The molecule has 0 saturated heterocycles. The van der Waals surface area contributed by atoms with Crippen LogP contribution in [0.15, 0.2) is 75.9 Å². The SMILES string of the molecule is O=C(COc1ccccc1Cl)Oc1cc(-c2ccccc2)c2oc(=O)sc2c1. The number of fused-ring (bicyclic) bond motifs is 1. The van der Waals surface area contributed by atoms with Crippen molar-refractivity contribution in [2.75, 3.05) is 6.61 Å². The number of hydrogen-bond donors (Lipinski definition) is 0. The molecule has 0 aliphatic carbocycles. The third-order valence-corrected chi connectivity index (χ3v) is 4.99. The molecule has 3 aromatic carbocycles. The molecule has 140 valence electrons. The Morgan fingerprint density at radius 2 is 1.79 bits per heavy atom. The Balaban J connectivity index is 1.59. The van der Waals surface area contributed by atoms with Crippen molar-refractivity contribution in [2.45, 2.75) is 0 Å². The highest BCUT2D eigenvalue weighted by Gasteiger charge is 2.15. The van der Waals surface area contributed by atoms with Crippen molar-refractivity contribution >= 4 is 39.2 Å². The highest BCUT2D eigenvalue weighted by molar-refractivity contribution is 7.16. The predicted molar refractivity (Wildman–Crippen MR) is 108 cm³/mol. The number of para-hydroxylation sites is 1. The molecule has 0 bridgehead atoms. The van der Waals surface area contributed by atoms with Gasteiger partial charge in [-0.2, -0.15) is 0 Å². The Bertz CT molecular complexity index is 1200. The van der Waals surface area contributed by atoms with Crippen molar-refractivity contribution in [3.8, 4) is 22.6 Å². The van der Waals surface area contributed by atoms with Crippen LogP contribution in [-0.4, -0.2) is 12.6 Å². The van der Waals surface area contributed by atoms with Gasteiger partial charge in [0.2, 0.25) is 0 Å². The fourth-order valence-corrected chi connectivity index (χ4v) is 3.62. The van der Waals surface area contributed by atoms with Crippen LogP contribution < -0.4 is 14.4 Å². The van der Waals surface area contributed by atoms with Gasteiger partial charge >= 0.3 is 10.9 Å². The lowest BCUT2D eigenvalue weighted by Crippen LogP contribution is -2.17. The minimum Gasteiger partial charge on any atom is -0.480 e. The summed E-state index contributed by atoms with van der Waals surface area (Å²) in [5, 5.41) is 0.409. The van der Waals surface area contributed by atoms with Gasteiger partial charge in [-0.25, -0.2) is 9.59 Å². The second-order valence-electron chi connectivity index (χ2n) is 5.81. The maximum atomic E-state index is 12.2. The molecule has 1 heterocycles. The molecule has 0 fully saturated rings. The summed E-state index contributed by atoms with van der Waals surface area (Å²) in [6.07, 6.45) is 0. The average molecular weight is 413 g/mol. The first-order valence-corrected chi connectivity index (χ1v) is 9.51. The lowest BCUT2D eigenvalue weighted by molar-refractivity contribution is -0.136. The summed E-state index contributed by atoms with van der Waals surface area (Å²) < 4.78 is 16.7. The smallest absolute Gasteiger partial charge is 0.396 e. The Morgan fingerprint density at radius 3 is 2.57 bits per heavy atom. The number of esters is 1. The molecular formula is C21H13ClO5S. The molecule has 1 aromatic heterocycles. The van der Waals surface area contributed by atoms with E-state index in [-0.39, 0.29) is 6.61 Å². The number of hydrogen-bond acceptors (Lipinski definition) is 6. The van der Waals surface area contributed by atoms with Crippen molar-refractivity contribution in [2.24, 2.45) is 0 Å². The molecule has 0 N–H and O–H groups in total. The van der Waals surface area contributed by atoms with Crippen molar-refractivity contribution in [1.82, 2.24) is 0 Å². The van der Waals surface area contributed by atoms with E-state index in [1.54, 1.807) is 36.4 Å². The van der Waals surface area contributed by atoms with E-state index >= 15 is 0 Å². The molecule has 0 aliphatic rings. The van der Waals surface area contributed by atoms with Crippen LogP contribution in [0.4, 0.5) is 0 Å². The van der Waals surface area contributed by atoms with Gasteiger partial charge in [-0.3, -0.25) is 0 Å². The fourth-order valence-electron chi connectivity index (χ4n) is 2.70. The molecule has 0 atom stereocenters. The Labute approximate surface area is 168 Å². The molecule has 4 rings (SSSR count). The first-order chi connectivity index (χ1) is 13.6. The summed E-state index contributed by atoms with van der Waals surface area (Å²) in [7, 11) is 0. The van der Waals surface area contributed by atoms with Crippen LogP contribution in [0.3, 0.4) is 0 Å². The zero-order chi connectivity index (χ0) is 19.5. The molecule has 5 nitrogen and oxygen atoms in total. The van der Waals surface area contributed by atoms with Gasteiger partial charge in [0.25, 0.3) is 0 Å². The lowest BCUT2D eigenvalue weighted by atomic mass is 10.0. The molecule has 0 unspecified atom stereocenters. The number of halogens is 1. The van der Waals surface area contributed by atoms with Gasteiger partial charge in [-0.15, -0.1) is 0 Å². The second-order valence-corrected chi connectivity index (χ2v) is 7.20. The van der Waals surface area contributed by atoms with Crippen molar-refractivity contribution in [3.05, 3.63) is 81.5 Å². The Hall–Kier alpha value is -3.09.